The first-order chi connectivity index (χ1) is 13.1. The molecule has 0 saturated heterocycles. The van der Waals surface area contributed by atoms with Crippen molar-refractivity contribution >= 4 is 5.78 Å². The van der Waals surface area contributed by atoms with Crippen molar-refractivity contribution in [3.05, 3.63) is 83.4 Å². The highest BCUT2D eigenvalue weighted by Crippen LogP contribution is 2.37. The SMILES string of the molecule is CC(C)(C(=O)C#Cc1ccccc1)C1C=C(C#Cc2ccccc2)CCC1. The maximum Gasteiger partial charge on any atom is 0.211 e. The lowest BCUT2D eigenvalue weighted by atomic mass is 9.70. The minimum atomic E-state index is -0.512. The predicted molar refractivity (Wildman–Crippen MR) is 111 cm³/mol. The van der Waals surface area contributed by atoms with Gasteiger partial charge in [-0.05, 0) is 60.9 Å². The Kier molecular flexibility index (Phi) is 5.95. The Bertz CT molecular complexity index is 941. The molecule has 0 N–H and O–H groups in total. The summed E-state index contributed by atoms with van der Waals surface area (Å²) in [5, 5.41) is 0. The Morgan fingerprint density at radius 3 is 2.11 bits per heavy atom. The van der Waals surface area contributed by atoms with E-state index in [-0.39, 0.29) is 11.7 Å². The molecule has 2 aromatic rings. The Morgan fingerprint density at radius 1 is 0.889 bits per heavy atom. The average Bonchev–Trinajstić information content (AvgIpc) is 2.72. The van der Waals surface area contributed by atoms with Crippen LogP contribution in [-0.4, -0.2) is 5.78 Å². The molecule has 1 atom stereocenters. The van der Waals surface area contributed by atoms with Gasteiger partial charge in [0.1, 0.15) is 0 Å². The van der Waals surface area contributed by atoms with Crippen LogP contribution in [-0.2, 0) is 4.79 Å². The van der Waals surface area contributed by atoms with Gasteiger partial charge >= 0.3 is 0 Å². The molecule has 0 aliphatic heterocycles. The van der Waals surface area contributed by atoms with Gasteiger partial charge in [0.25, 0.3) is 0 Å². The third-order valence-corrected chi connectivity index (χ3v) is 5.11. The van der Waals surface area contributed by atoms with Gasteiger partial charge in [-0.3, -0.25) is 4.79 Å². The number of rotatable bonds is 2. The zero-order valence-electron chi connectivity index (χ0n) is 16.0. The van der Waals surface area contributed by atoms with Gasteiger partial charge in [0, 0.05) is 16.5 Å². The van der Waals surface area contributed by atoms with Crippen LogP contribution in [0.1, 0.15) is 44.2 Å². The molecule has 0 saturated carbocycles. The van der Waals surface area contributed by atoms with Crippen LogP contribution in [0.25, 0.3) is 0 Å². The maximum atomic E-state index is 12.8. The topological polar surface area (TPSA) is 17.1 Å². The molecule has 1 unspecified atom stereocenters. The van der Waals surface area contributed by atoms with Gasteiger partial charge in [-0.2, -0.15) is 0 Å². The molecule has 0 heterocycles. The van der Waals surface area contributed by atoms with Gasteiger partial charge in [0.15, 0.2) is 0 Å². The molecular weight excluding hydrogens is 328 g/mol. The first-order valence-corrected chi connectivity index (χ1v) is 9.45. The number of ketones is 1. The lowest BCUT2D eigenvalue weighted by molar-refractivity contribution is -0.123. The Balaban J connectivity index is 1.76. The summed E-state index contributed by atoms with van der Waals surface area (Å²) in [5.41, 5.74) is 2.51. The molecule has 1 aliphatic rings. The van der Waals surface area contributed by atoms with Gasteiger partial charge in [-0.25, -0.2) is 0 Å². The molecule has 3 rings (SSSR count). The highest BCUT2D eigenvalue weighted by atomic mass is 16.1. The number of Topliss-reactive ketones (excluding diaryl/α,β-unsaturated/α-hetero) is 1. The molecule has 1 heteroatoms. The molecule has 0 radical (unpaired) electrons. The van der Waals surface area contributed by atoms with Crippen LogP contribution in [0, 0.1) is 35.0 Å². The van der Waals surface area contributed by atoms with Crippen LogP contribution >= 0.6 is 0 Å². The lowest BCUT2D eigenvalue weighted by Crippen LogP contribution is -2.32. The molecular formula is C26H24O. The molecule has 0 fully saturated rings. The van der Waals surface area contributed by atoms with Crippen LogP contribution in [0.2, 0.25) is 0 Å². The van der Waals surface area contributed by atoms with Crippen molar-refractivity contribution in [1.82, 2.24) is 0 Å². The molecule has 0 aromatic heterocycles. The van der Waals surface area contributed by atoms with E-state index in [1.807, 2.05) is 74.5 Å². The molecule has 27 heavy (non-hydrogen) atoms. The van der Waals surface area contributed by atoms with Gasteiger partial charge in [0.05, 0.1) is 0 Å². The number of carbonyl (C=O) groups is 1. The van der Waals surface area contributed by atoms with E-state index in [1.54, 1.807) is 0 Å². The van der Waals surface area contributed by atoms with E-state index in [9.17, 15) is 4.79 Å². The Morgan fingerprint density at radius 2 is 1.48 bits per heavy atom. The van der Waals surface area contributed by atoms with Crippen molar-refractivity contribution in [3.8, 4) is 23.7 Å². The molecule has 134 valence electrons. The van der Waals surface area contributed by atoms with Crippen molar-refractivity contribution in [1.29, 1.82) is 0 Å². The van der Waals surface area contributed by atoms with Crippen LogP contribution in [0.3, 0.4) is 0 Å². The summed E-state index contributed by atoms with van der Waals surface area (Å²) in [6.07, 6.45) is 5.24. The highest BCUT2D eigenvalue weighted by molar-refractivity contribution is 6.00. The van der Waals surface area contributed by atoms with Crippen LogP contribution in [0.5, 0.6) is 0 Å². The molecule has 2 aromatic carbocycles. The predicted octanol–water partition coefficient (Wildman–Crippen LogP) is 5.41. The summed E-state index contributed by atoms with van der Waals surface area (Å²) in [5.74, 6) is 12.5. The second-order valence-electron chi connectivity index (χ2n) is 7.47. The number of benzene rings is 2. The van der Waals surface area contributed by atoms with E-state index in [4.69, 9.17) is 0 Å². The summed E-state index contributed by atoms with van der Waals surface area (Å²) in [6, 6.07) is 19.7. The summed E-state index contributed by atoms with van der Waals surface area (Å²) >= 11 is 0. The number of hydrogen-bond acceptors (Lipinski definition) is 1. The monoisotopic (exact) mass is 352 g/mol. The number of carbonyl (C=O) groups excluding carboxylic acids is 1. The van der Waals surface area contributed by atoms with E-state index < -0.39 is 5.41 Å². The standard InChI is InChI=1S/C26H24O/c1-26(2,25(27)19-18-22-12-7-4-8-13-22)24-15-9-14-23(20-24)17-16-21-10-5-3-6-11-21/h3-8,10-13,20,24H,9,14-15H2,1-2H3. The van der Waals surface area contributed by atoms with Crippen LogP contribution < -0.4 is 0 Å². The van der Waals surface area contributed by atoms with E-state index in [0.717, 1.165) is 36.0 Å². The fourth-order valence-corrected chi connectivity index (χ4v) is 3.25. The Labute approximate surface area is 162 Å². The maximum absolute atomic E-state index is 12.8. The summed E-state index contributed by atoms with van der Waals surface area (Å²) in [4.78, 5) is 12.8. The summed E-state index contributed by atoms with van der Waals surface area (Å²) in [6.45, 7) is 4.01. The molecule has 0 amide bonds. The van der Waals surface area contributed by atoms with Crippen molar-refractivity contribution in [2.24, 2.45) is 11.3 Å². The molecule has 1 aliphatic carbocycles. The third kappa shape index (κ3) is 4.99. The normalized spacial score (nSPS) is 16.2. The van der Waals surface area contributed by atoms with Crippen molar-refractivity contribution in [2.45, 2.75) is 33.1 Å². The summed E-state index contributed by atoms with van der Waals surface area (Å²) < 4.78 is 0. The minimum absolute atomic E-state index is 0.00938. The second kappa shape index (κ2) is 8.57. The number of hydrogen-bond donors (Lipinski definition) is 0. The molecule has 0 spiro atoms. The van der Waals surface area contributed by atoms with E-state index in [0.29, 0.717) is 0 Å². The van der Waals surface area contributed by atoms with Crippen molar-refractivity contribution in [3.63, 3.8) is 0 Å². The summed E-state index contributed by atoms with van der Waals surface area (Å²) in [7, 11) is 0. The lowest BCUT2D eigenvalue weighted by Gasteiger charge is -2.32. The molecule has 1 nitrogen and oxygen atoms in total. The Hall–Kier alpha value is -3.03. The van der Waals surface area contributed by atoms with E-state index >= 15 is 0 Å². The van der Waals surface area contributed by atoms with Crippen LogP contribution in [0.15, 0.2) is 72.3 Å². The fourth-order valence-electron chi connectivity index (χ4n) is 3.25. The highest BCUT2D eigenvalue weighted by Gasteiger charge is 2.35. The van der Waals surface area contributed by atoms with Crippen LogP contribution in [0.4, 0.5) is 0 Å². The van der Waals surface area contributed by atoms with Crippen molar-refractivity contribution < 1.29 is 4.79 Å². The van der Waals surface area contributed by atoms with E-state index in [1.165, 1.54) is 0 Å². The fraction of sp³-hybridized carbons (Fsp3) is 0.269. The zero-order valence-corrected chi connectivity index (χ0v) is 16.0. The average molecular weight is 352 g/mol. The largest absolute Gasteiger partial charge is 0.284 e. The number of allylic oxidation sites excluding steroid dienone is 2. The first-order valence-electron chi connectivity index (χ1n) is 9.45. The second-order valence-corrected chi connectivity index (χ2v) is 7.47. The van der Waals surface area contributed by atoms with E-state index in [2.05, 4.69) is 29.8 Å². The van der Waals surface area contributed by atoms with Gasteiger partial charge in [-0.1, -0.05) is 74.1 Å². The van der Waals surface area contributed by atoms with Gasteiger partial charge < -0.3 is 0 Å². The third-order valence-electron chi connectivity index (χ3n) is 5.11. The van der Waals surface area contributed by atoms with Gasteiger partial charge in [-0.15, -0.1) is 0 Å². The smallest absolute Gasteiger partial charge is 0.211 e. The quantitative estimate of drug-likeness (QED) is 0.660. The zero-order chi connectivity index (χ0) is 19.1. The minimum Gasteiger partial charge on any atom is -0.284 e. The van der Waals surface area contributed by atoms with Crippen molar-refractivity contribution in [2.75, 3.05) is 0 Å². The first kappa shape index (κ1) is 18.8. The van der Waals surface area contributed by atoms with Gasteiger partial charge in [0.2, 0.25) is 5.78 Å². The molecule has 0 bridgehead atoms.